The fourth-order valence-corrected chi connectivity index (χ4v) is 2.30. The number of pyridine rings is 1. The Morgan fingerprint density at radius 2 is 2.16 bits per heavy atom. The zero-order valence-electron chi connectivity index (χ0n) is 10.6. The zero-order chi connectivity index (χ0) is 13.1. The van der Waals surface area contributed by atoms with E-state index in [-0.39, 0.29) is 0 Å². The lowest BCUT2D eigenvalue weighted by atomic mass is 9.94. The van der Waals surface area contributed by atoms with Gasteiger partial charge in [0, 0.05) is 17.7 Å². The summed E-state index contributed by atoms with van der Waals surface area (Å²) in [7, 11) is 0. The molecule has 1 atom stereocenters. The maximum atomic E-state index is 5.79. The van der Waals surface area contributed by atoms with Crippen molar-refractivity contribution in [3.8, 4) is 11.5 Å². The molecule has 1 aromatic heterocycles. The van der Waals surface area contributed by atoms with Crippen LogP contribution in [0.4, 0.5) is 5.82 Å². The Morgan fingerprint density at radius 1 is 1.26 bits per heavy atom. The molecule has 3 rings (SSSR count). The highest BCUT2D eigenvalue weighted by atomic mass is 16.5. The minimum atomic E-state index is 0.338. The molecule has 2 heterocycles. The molecule has 0 bridgehead atoms. The highest BCUT2D eigenvalue weighted by Crippen LogP contribution is 2.34. The van der Waals surface area contributed by atoms with Crippen LogP contribution in [0.15, 0.2) is 42.6 Å². The minimum Gasteiger partial charge on any atom is -0.493 e. The first kappa shape index (κ1) is 11.8. The predicted octanol–water partition coefficient (Wildman–Crippen LogP) is 2.61. The van der Waals surface area contributed by atoms with Crippen molar-refractivity contribution in [2.45, 2.75) is 12.3 Å². The maximum absolute atomic E-state index is 5.79. The molecular formula is C15H16N2O2. The Morgan fingerprint density at radius 3 is 3.05 bits per heavy atom. The SMILES string of the molecule is Nc1ncccc1OCC1CCOc2ccccc21. The average molecular weight is 256 g/mol. The van der Waals surface area contributed by atoms with Crippen molar-refractivity contribution in [3.05, 3.63) is 48.2 Å². The van der Waals surface area contributed by atoms with Gasteiger partial charge >= 0.3 is 0 Å². The smallest absolute Gasteiger partial charge is 0.166 e. The first-order valence-corrected chi connectivity index (χ1v) is 6.39. The summed E-state index contributed by atoms with van der Waals surface area (Å²) in [4.78, 5) is 4.02. The number of hydrogen-bond acceptors (Lipinski definition) is 4. The van der Waals surface area contributed by atoms with Gasteiger partial charge in [0.2, 0.25) is 0 Å². The number of aromatic nitrogens is 1. The fraction of sp³-hybridized carbons (Fsp3) is 0.267. The van der Waals surface area contributed by atoms with Crippen LogP contribution in [0, 0.1) is 0 Å². The second-order valence-corrected chi connectivity index (χ2v) is 4.57. The Hall–Kier alpha value is -2.23. The van der Waals surface area contributed by atoms with Gasteiger partial charge in [-0.15, -0.1) is 0 Å². The Bertz CT molecular complexity index is 572. The normalized spacial score (nSPS) is 17.4. The highest BCUT2D eigenvalue weighted by molar-refractivity contribution is 5.45. The van der Waals surface area contributed by atoms with Crippen LogP contribution in [0.5, 0.6) is 11.5 Å². The summed E-state index contributed by atoms with van der Waals surface area (Å²) >= 11 is 0. The number of para-hydroxylation sites is 1. The minimum absolute atomic E-state index is 0.338. The van der Waals surface area contributed by atoms with Crippen molar-refractivity contribution in [1.82, 2.24) is 4.98 Å². The number of benzene rings is 1. The first-order valence-electron chi connectivity index (χ1n) is 6.39. The summed E-state index contributed by atoms with van der Waals surface area (Å²) in [6, 6.07) is 11.8. The standard InChI is InChI=1S/C15H16N2O2/c16-15-14(6-3-8-17-15)19-10-11-7-9-18-13-5-2-1-4-12(11)13/h1-6,8,11H,7,9-10H2,(H2,16,17). The van der Waals surface area contributed by atoms with E-state index in [2.05, 4.69) is 11.1 Å². The summed E-state index contributed by atoms with van der Waals surface area (Å²) in [6.45, 7) is 1.32. The van der Waals surface area contributed by atoms with Gasteiger partial charge in [-0.3, -0.25) is 0 Å². The molecule has 2 aromatic rings. The molecule has 4 heteroatoms. The summed E-state index contributed by atoms with van der Waals surface area (Å²) < 4.78 is 11.4. The Labute approximate surface area is 112 Å². The third-order valence-electron chi connectivity index (χ3n) is 3.32. The van der Waals surface area contributed by atoms with Gasteiger partial charge < -0.3 is 15.2 Å². The molecule has 1 unspecified atom stereocenters. The van der Waals surface area contributed by atoms with Gasteiger partial charge in [-0.2, -0.15) is 0 Å². The molecule has 4 nitrogen and oxygen atoms in total. The van der Waals surface area contributed by atoms with Gasteiger partial charge in [-0.25, -0.2) is 4.98 Å². The second-order valence-electron chi connectivity index (χ2n) is 4.57. The average Bonchev–Trinajstić information content (AvgIpc) is 2.46. The van der Waals surface area contributed by atoms with Crippen molar-refractivity contribution in [2.24, 2.45) is 0 Å². The summed E-state index contributed by atoms with van der Waals surface area (Å²) in [5.41, 5.74) is 6.97. The van der Waals surface area contributed by atoms with E-state index in [1.807, 2.05) is 30.3 Å². The number of fused-ring (bicyclic) bond motifs is 1. The third-order valence-corrected chi connectivity index (χ3v) is 3.32. The van der Waals surface area contributed by atoms with Crippen molar-refractivity contribution < 1.29 is 9.47 Å². The zero-order valence-corrected chi connectivity index (χ0v) is 10.6. The number of hydrogen-bond donors (Lipinski definition) is 1. The Balaban J connectivity index is 1.73. The summed E-state index contributed by atoms with van der Waals surface area (Å²) in [5.74, 6) is 2.38. The summed E-state index contributed by atoms with van der Waals surface area (Å²) in [5, 5.41) is 0. The summed E-state index contributed by atoms with van der Waals surface area (Å²) in [6.07, 6.45) is 2.61. The Kier molecular flexibility index (Phi) is 3.23. The molecule has 1 aliphatic heterocycles. The predicted molar refractivity (Wildman–Crippen MR) is 73.4 cm³/mol. The molecule has 2 N–H and O–H groups in total. The molecule has 0 amide bonds. The molecule has 0 aliphatic carbocycles. The molecule has 0 saturated carbocycles. The molecule has 0 spiro atoms. The van der Waals surface area contributed by atoms with Crippen LogP contribution < -0.4 is 15.2 Å². The molecule has 0 saturated heterocycles. The van der Waals surface area contributed by atoms with Crippen LogP contribution in [0.3, 0.4) is 0 Å². The molecule has 98 valence electrons. The number of rotatable bonds is 3. The van der Waals surface area contributed by atoms with Crippen LogP contribution in [0.25, 0.3) is 0 Å². The van der Waals surface area contributed by atoms with E-state index in [0.29, 0.717) is 24.1 Å². The molecule has 19 heavy (non-hydrogen) atoms. The maximum Gasteiger partial charge on any atom is 0.166 e. The van der Waals surface area contributed by atoms with Crippen molar-refractivity contribution >= 4 is 5.82 Å². The van der Waals surface area contributed by atoms with E-state index < -0.39 is 0 Å². The van der Waals surface area contributed by atoms with E-state index in [1.54, 1.807) is 6.20 Å². The number of ether oxygens (including phenoxy) is 2. The van der Waals surface area contributed by atoms with E-state index in [9.17, 15) is 0 Å². The third kappa shape index (κ3) is 2.47. The lowest BCUT2D eigenvalue weighted by Crippen LogP contribution is -2.19. The molecule has 1 aliphatic rings. The number of nitrogens with two attached hydrogens (primary N) is 1. The van der Waals surface area contributed by atoms with Gasteiger partial charge in [0.1, 0.15) is 5.75 Å². The van der Waals surface area contributed by atoms with E-state index in [0.717, 1.165) is 18.8 Å². The van der Waals surface area contributed by atoms with Crippen molar-refractivity contribution in [1.29, 1.82) is 0 Å². The second kappa shape index (κ2) is 5.18. The van der Waals surface area contributed by atoms with Gasteiger partial charge in [0.05, 0.1) is 13.2 Å². The molecule has 0 fully saturated rings. The van der Waals surface area contributed by atoms with Crippen molar-refractivity contribution in [2.75, 3.05) is 18.9 Å². The van der Waals surface area contributed by atoms with E-state index in [1.165, 1.54) is 5.56 Å². The molecule has 0 radical (unpaired) electrons. The molecular weight excluding hydrogens is 240 g/mol. The fourth-order valence-electron chi connectivity index (χ4n) is 2.30. The van der Waals surface area contributed by atoms with Crippen LogP contribution >= 0.6 is 0 Å². The van der Waals surface area contributed by atoms with Gasteiger partial charge in [-0.1, -0.05) is 18.2 Å². The molecule has 1 aromatic carbocycles. The van der Waals surface area contributed by atoms with Gasteiger partial charge in [0.25, 0.3) is 0 Å². The monoisotopic (exact) mass is 256 g/mol. The topological polar surface area (TPSA) is 57.4 Å². The number of anilines is 1. The number of nitrogens with zero attached hydrogens (tertiary/aromatic N) is 1. The highest BCUT2D eigenvalue weighted by Gasteiger charge is 2.21. The lowest BCUT2D eigenvalue weighted by molar-refractivity contribution is 0.218. The van der Waals surface area contributed by atoms with Crippen LogP contribution in [0.2, 0.25) is 0 Å². The largest absolute Gasteiger partial charge is 0.493 e. The number of nitrogen functional groups attached to an aromatic ring is 1. The van der Waals surface area contributed by atoms with Crippen LogP contribution in [-0.4, -0.2) is 18.2 Å². The van der Waals surface area contributed by atoms with E-state index >= 15 is 0 Å². The van der Waals surface area contributed by atoms with Crippen molar-refractivity contribution in [3.63, 3.8) is 0 Å². The van der Waals surface area contributed by atoms with Crippen LogP contribution in [-0.2, 0) is 0 Å². The lowest BCUT2D eigenvalue weighted by Gasteiger charge is -2.25. The quantitative estimate of drug-likeness (QED) is 0.917. The van der Waals surface area contributed by atoms with Gasteiger partial charge in [0.15, 0.2) is 11.6 Å². The van der Waals surface area contributed by atoms with Crippen LogP contribution in [0.1, 0.15) is 17.9 Å². The van der Waals surface area contributed by atoms with E-state index in [4.69, 9.17) is 15.2 Å². The van der Waals surface area contributed by atoms with Gasteiger partial charge in [-0.05, 0) is 24.6 Å². The first-order chi connectivity index (χ1) is 9.34.